The molecule has 0 saturated heterocycles. The van der Waals surface area contributed by atoms with E-state index in [1.807, 2.05) is 18.2 Å². The molecule has 0 N–H and O–H groups in total. The van der Waals surface area contributed by atoms with Gasteiger partial charge in [-0.15, -0.1) is 0 Å². The molecule has 0 spiro atoms. The van der Waals surface area contributed by atoms with Crippen LogP contribution in [0.5, 0.6) is 0 Å². The Labute approximate surface area is 102 Å². The summed E-state index contributed by atoms with van der Waals surface area (Å²) in [5, 5.41) is 0. The predicted molar refractivity (Wildman–Crippen MR) is 66.6 cm³/mol. The molecular formula is C14H13FSe. The van der Waals surface area contributed by atoms with Gasteiger partial charge in [0.2, 0.25) is 0 Å². The van der Waals surface area contributed by atoms with Crippen LogP contribution in [0, 0.1) is 5.82 Å². The van der Waals surface area contributed by atoms with E-state index in [1.54, 1.807) is 0 Å². The van der Waals surface area contributed by atoms with Gasteiger partial charge < -0.3 is 0 Å². The zero-order valence-electron chi connectivity index (χ0n) is 9.06. The molecule has 0 aliphatic rings. The summed E-state index contributed by atoms with van der Waals surface area (Å²) in [6.07, 6.45) is 0. The zero-order chi connectivity index (χ0) is 11.4. The Morgan fingerprint density at radius 2 is 1.56 bits per heavy atom. The van der Waals surface area contributed by atoms with Crippen molar-refractivity contribution in [2.75, 3.05) is 0 Å². The van der Waals surface area contributed by atoms with E-state index in [0.717, 1.165) is 0 Å². The normalized spacial score (nSPS) is 12.4. The fraction of sp³-hybridized carbons (Fsp3) is 0.143. The first-order valence-corrected chi connectivity index (χ1v) is 7.07. The van der Waals surface area contributed by atoms with Crippen LogP contribution in [0.3, 0.4) is 0 Å². The minimum atomic E-state index is -0.164. The summed E-state index contributed by atoms with van der Waals surface area (Å²) in [5.41, 5.74) is 1.21. The summed E-state index contributed by atoms with van der Waals surface area (Å²) in [5.74, 6) is -0.164. The van der Waals surface area contributed by atoms with Gasteiger partial charge >= 0.3 is 102 Å². The average molecular weight is 279 g/mol. The van der Waals surface area contributed by atoms with Crippen LogP contribution in [0.15, 0.2) is 54.6 Å². The van der Waals surface area contributed by atoms with E-state index in [-0.39, 0.29) is 5.82 Å². The van der Waals surface area contributed by atoms with E-state index in [1.165, 1.54) is 22.2 Å². The van der Waals surface area contributed by atoms with Crippen molar-refractivity contribution in [1.29, 1.82) is 0 Å². The molecule has 2 heteroatoms. The van der Waals surface area contributed by atoms with Crippen LogP contribution in [0.25, 0.3) is 0 Å². The topological polar surface area (TPSA) is 0 Å². The van der Waals surface area contributed by atoms with Crippen molar-refractivity contribution in [2.45, 2.75) is 11.7 Å². The van der Waals surface area contributed by atoms with Gasteiger partial charge in [0.15, 0.2) is 0 Å². The maximum absolute atomic E-state index is 12.8. The third-order valence-corrected chi connectivity index (χ3v) is 4.85. The van der Waals surface area contributed by atoms with Gasteiger partial charge in [-0.25, -0.2) is 0 Å². The monoisotopic (exact) mass is 280 g/mol. The molecule has 0 nitrogen and oxygen atoms in total. The van der Waals surface area contributed by atoms with Crippen molar-refractivity contribution >= 4 is 19.4 Å². The van der Waals surface area contributed by atoms with Gasteiger partial charge in [0, 0.05) is 0 Å². The average Bonchev–Trinajstić information content (AvgIpc) is 2.31. The summed E-state index contributed by atoms with van der Waals surface area (Å²) in [6.45, 7) is 2.19. The van der Waals surface area contributed by atoms with Crippen LogP contribution in [0.2, 0.25) is 0 Å². The van der Waals surface area contributed by atoms with Crippen molar-refractivity contribution in [2.24, 2.45) is 0 Å². The van der Waals surface area contributed by atoms with E-state index in [4.69, 9.17) is 0 Å². The Kier molecular flexibility index (Phi) is 3.76. The Hall–Kier alpha value is -1.11. The van der Waals surface area contributed by atoms with E-state index < -0.39 is 0 Å². The Morgan fingerprint density at radius 3 is 2.19 bits per heavy atom. The first-order valence-electron chi connectivity index (χ1n) is 5.23. The van der Waals surface area contributed by atoms with Crippen molar-refractivity contribution in [3.63, 3.8) is 0 Å². The fourth-order valence-electron chi connectivity index (χ4n) is 1.51. The number of hydrogen-bond acceptors (Lipinski definition) is 0. The van der Waals surface area contributed by atoms with E-state index in [0.29, 0.717) is 19.8 Å². The summed E-state index contributed by atoms with van der Waals surface area (Å²) in [4.78, 5) is 0.482. The Bertz CT molecular complexity index is 436. The number of hydrogen-bond donors (Lipinski definition) is 0. The van der Waals surface area contributed by atoms with Crippen LogP contribution in [-0.2, 0) is 0 Å². The number of halogens is 1. The van der Waals surface area contributed by atoms with Crippen LogP contribution < -0.4 is 4.46 Å². The number of benzene rings is 2. The molecule has 2 aromatic carbocycles. The Morgan fingerprint density at radius 1 is 0.938 bits per heavy atom. The molecule has 0 unspecified atom stereocenters. The van der Waals surface area contributed by atoms with Gasteiger partial charge in [0.05, 0.1) is 0 Å². The van der Waals surface area contributed by atoms with Gasteiger partial charge in [-0.3, -0.25) is 0 Å². The summed E-state index contributed by atoms with van der Waals surface area (Å²) < 4.78 is 14.2. The summed E-state index contributed by atoms with van der Waals surface area (Å²) in [7, 11) is 0. The standard InChI is InChI=1S/C14H13FSe/c1-11(12-7-9-13(15)10-8-12)16-14-5-3-2-4-6-14/h2-11H,1H3/t11-/m1/s1. The molecule has 82 valence electrons. The third kappa shape index (κ3) is 2.94. The molecule has 0 aliphatic carbocycles. The molecule has 0 fully saturated rings. The van der Waals surface area contributed by atoms with Gasteiger partial charge in [0.1, 0.15) is 0 Å². The van der Waals surface area contributed by atoms with Gasteiger partial charge in [0.25, 0.3) is 0 Å². The molecule has 0 saturated carbocycles. The van der Waals surface area contributed by atoms with E-state index in [9.17, 15) is 4.39 Å². The van der Waals surface area contributed by atoms with Crippen LogP contribution in [0.4, 0.5) is 4.39 Å². The molecule has 0 aromatic heterocycles. The second kappa shape index (κ2) is 5.29. The molecule has 0 aliphatic heterocycles. The molecule has 0 radical (unpaired) electrons. The zero-order valence-corrected chi connectivity index (χ0v) is 10.8. The molecule has 2 rings (SSSR count). The molecule has 1 atom stereocenters. The van der Waals surface area contributed by atoms with Crippen LogP contribution in [-0.4, -0.2) is 15.0 Å². The van der Waals surface area contributed by atoms with Gasteiger partial charge in [-0.05, 0) is 0 Å². The minimum absolute atomic E-state index is 0.164. The van der Waals surface area contributed by atoms with Gasteiger partial charge in [-0.2, -0.15) is 0 Å². The molecule has 16 heavy (non-hydrogen) atoms. The second-order valence-corrected chi connectivity index (χ2v) is 6.59. The van der Waals surface area contributed by atoms with Crippen molar-refractivity contribution < 1.29 is 4.39 Å². The molecule has 0 bridgehead atoms. The van der Waals surface area contributed by atoms with E-state index in [2.05, 4.69) is 31.2 Å². The quantitative estimate of drug-likeness (QED) is 0.758. The fourth-order valence-corrected chi connectivity index (χ4v) is 3.64. The first kappa shape index (κ1) is 11.4. The predicted octanol–water partition coefficient (Wildman–Crippen LogP) is 2.92. The number of rotatable bonds is 3. The van der Waals surface area contributed by atoms with Crippen molar-refractivity contribution in [3.8, 4) is 0 Å². The third-order valence-electron chi connectivity index (χ3n) is 2.40. The Balaban J connectivity index is 2.09. The SMILES string of the molecule is C[C@@H]([Se]c1ccccc1)c1ccc(F)cc1. The molecule has 0 amide bonds. The molecule has 2 aromatic rings. The second-order valence-electron chi connectivity index (χ2n) is 3.62. The van der Waals surface area contributed by atoms with E-state index >= 15 is 0 Å². The molecule has 0 heterocycles. The van der Waals surface area contributed by atoms with Crippen molar-refractivity contribution in [3.05, 3.63) is 66.0 Å². The first-order chi connectivity index (χ1) is 7.75. The molecular weight excluding hydrogens is 266 g/mol. The maximum atomic E-state index is 12.8. The van der Waals surface area contributed by atoms with Gasteiger partial charge in [-0.1, -0.05) is 0 Å². The summed E-state index contributed by atoms with van der Waals surface area (Å²) in [6, 6.07) is 17.3. The van der Waals surface area contributed by atoms with Crippen LogP contribution >= 0.6 is 0 Å². The van der Waals surface area contributed by atoms with Crippen LogP contribution in [0.1, 0.15) is 17.3 Å². The van der Waals surface area contributed by atoms with Crippen molar-refractivity contribution in [1.82, 2.24) is 0 Å². The summed E-state index contributed by atoms with van der Waals surface area (Å²) >= 11 is 0.402.